The third kappa shape index (κ3) is 5.71. The summed E-state index contributed by atoms with van der Waals surface area (Å²) in [6.45, 7) is 16.8. The Balaban J connectivity index is 2.93. The SMILES string of the molecule is COC(=O)C1CC[C@H](CO[Si](C)(C)C(C)(C)C)N1C(=O)OC(C)(C)C. The Hall–Kier alpha value is -1.08. The number of nitrogens with zero attached hydrogens (tertiary/aromatic N) is 1. The number of methoxy groups -OCH3 is 1. The molecule has 0 N–H and O–H groups in total. The molecule has 6 nitrogen and oxygen atoms in total. The summed E-state index contributed by atoms with van der Waals surface area (Å²) in [5.41, 5.74) is -0.620. The van der Waals surface area contributed by atoms with Crippen LogP contribution in [-0.4, -0.2) is 56.7 Å². The molecule has 0 spiro atoms. The van der Waals surface area contributed by atoms with E-state index in [0.717, 1.165) is 0 Å². The van der Waals surface area contributed by atoms with Crippen LogP contribution in [0.4, 0.5) is 4.79 Å². The van der Waals surface area contributed by atoms with Crippen molar-refractivity contribution in [3.05, 3.63) is 0 Å². The van der Waals surface area contributed by atoms with Crippen molar-refractivity contribution in [1.29, 1.82) is 0 Å². The van der Waals surface area contributed by atoms with Gasteiger partial charge in [-0.25, -0.2) is 9.59 Å². The van der Waals surface area contributed by atoms with Crippen molar-refractivity contribution in [3.63, 3.8) is 0 Å². The van der Waals surface area contributed by atoms with Crippen molar-refractivity contribution in [1.82, 2.24) is 4.90 Å². The summed E-state index contributed by atoms with van der Waals surface area (Å²) in [6.07, 6.45) is 0.787. The second kappa shape index (κ2) is 7.66. The molecule has 0 aliphatic carbocycles. The van der Waals surface area contributed by atoms with Gasteiger partial charge in [-0.2, -0.15) is 0 Å². The van der Waals surface area contributed by atoms with Crippen LogP contribution in [0.15, 0.2) is 0 Å². The summed E-state index contributed by atoms with van der Waals surface area (Å²) >= 11 is 0. The molecule has 7 heteroatoms. The summed E-state index contributed by atoms with van der Waals surface area (Å²) in [6, 6.07) is -0.777. The van der Waals surface area contributed by atoms with E-state index in [1.54, 1.807) is 0 Å². The third-order valence-electron chi connectivity index (χ3n) is 5.02. The highest BCUT2D eigenvalue weighted by Gasteiger charge is 2.45. The molecule has 0 radical (unpaired) electrons. The van der Waals surface area contributed by atoms with Gasteiger partial charge in [0.05, 0.1) is 19.8 Å². The number of rotatable bonds is 4. The van der Waals surface area contributed by atoms with Crippen LogP contribution in [-0.2, 0) is 18.7 Å². The molecule has 1 saturated heterocycles. The highest BCUT2D eigenvalue weighted by Crippen LogP contribution is 2.37. The molecule has 0 aromatic carbocycles. The Bertz CT molecular complexity index is 493. The van der Waals surface area contributed by atoms with E-state index >= 15 is 0 Å². The van der Waals surface area contributed by atoms with Gasteiger partial charge in [-0.05, 0) is 51.7 Å². The van der Waals surface area contributed by atoms with Crippen molar-refractivity contribution in [2.45, 2.75) is 90.2 Å². The largest absolute Gasteiger partial charge is 0.467 e. The van der Waals surface area contributed by atoms with E-state index in [1.807, 2.05) is 20.8 Å². The zero-order valence-electron chi connectivity index (χ0n) is 17.3. The maximum Gasteiger partial charge on any atom is 0.411 e. The molecule has 1 aliphatic rings. The quantitative estimate of drug-likeness (QED) is 0.551. The normalized spacial score (nSPS) is 22.0. The smallest absolute Gasteiger partial charge is 0.411 e. The molecule has 1 amide bonds. The Morgan fingerprint density at radius 3 is 2.08 bits per heavy atom. The summed E-state index contributed by atoms with van der Waals surface area (Å²) in [4.78, 5) is 26.3. The summed E-state index contributed by atoms with van der Waals surface area (Å²) in [7, 11) is -0.594. The fraction of sp³-hybridized carbons (Fsp3) is 0.889. The number of carbonyl (C=O) groups is 2. The first-order valence-corrected chi connectivity index (χ1v) is 11.8. The number of amides is 1. The van der Waals surface area contributed by atoms with Crippen LogP contribution in [0.3, 0.4) is 0 Å². The van der Waals surface area contributed by atoms with Gasteiger partial charge in [-0.3, -0.25) is 4.90 Å². The lowest BCUT2D eigenvalue weighted by Gasteiger charge is -2.38. The lowest BCUT2D eigenvalue weighted by molar-refractivity contribution is -0.146. The van der Waals surface area contributed by atoms with Crippen molar-refractivity contribution < 1.29 is 23.5 Å². The lowest BCUT2D eigenvalue weighted by atomic mass is 10.2. The first kappa shape index (κ1) is 22.0. The average molecular weight is 374 g/mol. The number of hydrogen-bond donors (Lipinski definition) is 0. The van der Waals surface area contributed by atoms with Gasteiger partial charge in [-0.15, -0.1) is 0 Å². The number of likely N-dealkylation sites (tertiary alicyclic amines) is 1. The number of ether oxygens (including phenoxy) is 2. The molecule has 1 heterocycles. The minimum absolute atomic E-state index is 0.0874. The van der Waals surface area contributed by atoms with Crippen LogP contribution in [0.5, 0.6) is 0 Å². The van der Waals surface area contributed by atoms with E-state index in [2.05, 4.69) is 33.9 Å². The molecule has 146 valence electrons. The second-order valence-corrected chi connectivity index (χ2v) is 14.0. The molecule has 0 aromatic rings. The molecule has 0 saturated carbocycles. The van der Waals surface area contributed by atoms with E-state index in [-0.39, 0.29) is 11.1 Å². The topological polar surface area (TPSA) is 65.1 Å². The van der Waals surface area contributed by atoms with Gasteiger partial charge in [0.15, 0.2) is 8.32 Å². The van der Waals surface area contributed by atoms with Crippen LogP contribution < -0.4 is 0 Å². The Labute approximate surface area is 153 Å². The van der Waals surface area contributed by atoms with Gasteiger partial charge in [0, 0.05) is 0 Å². The van der Waals surface area contributed by atoms with Crippen LogP contribution in [0, 0.1) is 0 Å². The standard InChI is InChI=1S/C18H35NO5Si/c1-17(2,3)24-16(21)19-13(10-11-14(19)15(20)22-7)12-23-25(8,9)18(4,5)6/h13-14H,10-12H2,1-9H3/t13-,14?/m1/s1. The number of esters is 1. The Morgan fingerprint density at radius 2 is 1.64 bits per heavy atom. The fourth-order valence-corrected chi connectivity index (χ4v) is 3.57. The second-order valence-electron chi connectivity index (χ2n) is 9.23. The molecule has 2 atom stereocenters. The van der Waals surface area contributed by atoms with Gasteiger partial charge >= 0.3 is 12.1 Å². The maximum absolute atomic E-state index is 12.7. The van der Waals surface area contributed by atoms with Crippen molar-refractivity contribution in [3.8, 4) is 0 Å². The monoisotopic (exact) mass is 373 g/mol. The molecular formula is C18H35NO5Si. The van der Waals surface area contributed by atoms with Gasteiger partial charge in [0.2, 0.25) is 0 Å². The summed E-state index contributed by atoms with van der Waals surface area (Å²) < 4.78 is 16.7. The summed E-state index contributed by atoms with van der Waals surface area (Å²) in [5, 5.41) is 0.0874. The molecule has 1 fully saturated rings. The van der Waals surface area contributed by atoms with E-state index in [1.165, 1.54) is 12.0 Å². The minimum Gasteiger partial charge on any atom is -0.467 e. The van der Waals surface area contributed by atoms with Crippen LogP contribution in [0.25, 0.3) is 0 Å². The van der Waals surface area contributed by atoms with Gasteiger partial charge in [0.1, 0.15) is 11.6 Å². The first-order chi connectivity index (χ1) is 11.2. The van der Waals surface area contributed by atoms with Crippen molar-refractivity contribution in [2.24, 2.45) is 0 Å². The van der Waals surface area contributed by atoms with Crippen molar-refractivity contribution >= 4 is 20.4 Å². The highest BCUT2D eigenvalue weighted by molar-refractivity contribution is 6.74. The van der Waals surface area contributed by atoms with Gasteiger partial charge in [-0.1, -0.05) is 20.8 Å². The molecular weight excluding hydrogens is 338 g/mol. The van der Waals surface area contributed by atoms with E-state index in [4.69, 9.17) is 13.9 Å². The Kier molecular flexibility index (Phi) is 6.73. The molecule has 1 unspecified atom stereocenters. The first-order valence-electron chi connectivity index (χ1n) is 8.93. The maximum atomic E-state index is 12.7. The van der Waals surface area contributed by atoms with Crippen LogP contribution >= 0.6 is 0 Å². The number of carbonyl (C=O) groups excluding carboxylic acids is 2. The highest BCUT2D eigenvalue weighted by atomic mass is 28.4. The van der Waals surface area contributed by atoms with Gasteiger partial charge < -0.3 is 13.9 Å². The number of hydrogen-bond acceptors (Lipinski definition) is 5. The zero-order chi connectivity index (χ0) is 19.6. The molecule has 25 heavy (non-hydrogen) atoms. The van der Waals surface area contributed by atoms with E-state index < -0.39 is 32.0 Å². The van der Waals surface area contributed by atoms with Gasteiger partial charge in [0.25, 0.3) is 0 Å². The predicted octanol–water partition coefficient (Wildman–Crippen LogP) is 3.95. The fourth-order valence-electron chi connectivity index (χ4n) is 2.53. The zero-order valence-corrected chi connectivity index (χ0v) is 18.3. The minimum atomic E-state index is -1.94. The lowest BCUT2D eigenvalue weighted by Crippen LogP contribution is -2.51. The molecule has 0 bridgehead atoms. The Morgan fingerprint density at radius 1 is 1.08 bits per heavy atom. The van der Waals surface area contributed by atoms with E-state index in [0.29, 0.717) is 19.4 Å². The molecule has 1 aliphatic heterocycles. The summed E-state index contributed by atoms with van der Waals surface area (Å²) in [5.74, 6) is -0.402. The third-order valence-corrected chi connectivity index (χ3v) is 9.52. The predicted molar refractivity (Wildman–Crippen MR) is 100 cm³/mol. The van der Waals surface area contributed by atoms with Crippen LogP contribution in [0.2, 0.25) is 18.1 Å². The van der Waals surface area contributed by atoms with Crippen molar-refractivity contribution in [2.75, 3.05) is 13.7 Å². The molecule has 0 aromatic heterocycles. The van der Waals surface area contributed by atoms with Crippen LogP contribution in [0.1, 0.15) is 54.4 Å². The average Bonchev–Trinajstić information content (AvgIpc) is 2.85. The molecule has 1 rings (SSSR count). The van der Waals surface area contributed by atoms with E-state index in [9.17, 15) is 9.59 Å².